The number of aryl methyl sites for hydroxylation is 1. The van der Waals surface area contributed by atoms with Crippen molar-refractivity contribution in [3.05, 3.63) is 17.7 Å². The van der Waals surface area contributed by atoms with Crippen LogP contribution in [0.3, 0.4) is 0 Å². The molecule has 1 aromatic rings. The molecule has 1 aromatic heterocycles. The molecule has 0 aromatic carbocycles. The normalized spacial score (nSPS) is 18.0. The molecule has 1 saturated heterocycles. The minimum atomic E-state index is 0.436. The van der Waals surface area contributed by atoms with E-state index in [9.17, 15) is 0 Å². The molecule has 0 amide bonds. The molecule has 0 bridgehead atoms. The molecule has 0 spiro atoms. The minimum absolute atomic E-state index is 0.436. The molecule has 4 heteroatoms. The molecule has 0 saturated carbocycles. The summed E-state index contributed by atoms with van der Waals surface area (Å²) in [7, 11) is 1.94. The van der Waals surface area contributed by atoms with Gasteiger partial charge in [0.1, 0.15) is 6.07 Å². The molecule has 1 aliphatic rings. The number of nitrogens with zero attached hydrogens (tertiary/aromatic N) is 3. The Bertz CT molecular complexity index is 358. The standard InChI is InChI=1S/C10H13N3O/c1-13-7-12-9(6-11)10(13)8-2-4-14-5-3-8/h7-8H,2-5H2,1H3. The fourth-order valence-corrected chi connectivity index (χ4v) is 1.98. The lowest BCUT2D eigenvalue weighted by atomic mass is 9.95. The third kappa shape index (κ3) is 1.51. The average Bonchev–Trinajstić information content (AvgIpc) is 2.61. The number of aromatic nitrogens is 2. The van der Waals surface area contributed by atoms with Gasteiger partial charge >= 0.3 is 0 Å². The van der Waals surface area contributed by atoms with Crippen LogP contribution < -0.4 is 0 Å². The van der Waals surface area contributed by atoms with Gasteiger partial charge in [-0.3, -0.25) is 0 Å². The van der Waals surface area contributed by atoms with Crippen molar-refractivity contribution >= 4 is 0 Å². The summed E-state index contributed by atoms with van der Waals surface area (Å²) in [6, 6.07) is 2.14. The Hall–Kier alpha value is -1.34. The highest BCUT2D eigenvalue weighted by molar-refractivity contribution is 5.29. The molecule has 1 aliphatic heterocycles. The number of rotatable bonds is 1. The molecule has 0 atom stereocenters. The molecule has 0 radical (unpaired) electrons. The van der Waals surface area contributed by atoms with E-state index >= 15 is 0 Å². The lowest BCUT2D eigenvalue weighted by Gasteiger charge is -2.22. The van der Waals surface area contributed by atoms with Crippen molar-refractivity contribution < 1.29 is 4.74 Å². The summed E-state index contributed by atoms with van der Waals surface area (Å²) in [5, 5.41) is 8.91. The molecule has 4 nitrogen and oxygen atoms in total. The summed E-state index contributed by atoms with van der Waals surface area (Å²) >= 11 is 0. The third-order valence-corrected chi connectivity index (χ3v) is 2.70. The van der Waals surface area contributed by atoms with Gasteiger partial charge in [0, 0.05) is 26.2 Å². The van der Waals surface area contributed by atoms with E-state index < -0.39 is 0 Å². The van der Waals surface area contributed by atoms with Crippen molar-refractivity contribution in [3.63, 3.8) is 0 Å². The van der Waals surface area contributed by atoms with E-state index in [0.29, 0.717) is 11.6 Å². The summed E-state index contributed by atoms with van der Waals surface area (Å²) in [6.45, 7) is 1.58. The van der Waals surface area contributed by atoms with Crippen LogP contribution in [-0.2, 0) is 11.8 Å². The van der Waals surface area contributed by atoms with Crippen LogP contribution in [0.5, 0.6) is 0 Å². The second-order valence-corrected chi connectivity index (χ2v) is 3.59. The number of imidazole rings is 1. The Morgan fingerprint density at radius 3 is 2.93 bits per heavy atom. The van der Waals surface area contributed by atoms with Crippen LogP contribution >= 0.6 is 0 Å². The first-order valence-corrected chi connectivity index (χ1v) is 4.82. The highest BCUT2D eigenvalue weighted by Crippen LogP contribution is 2.28. The Labute approximate surface area is 83.1 Å². The van der Waals surface area contributed by atoms with E-state index in [0.717, 1.165) is 31.7 Å². The minimum Gasteiger partial charge on any atom is -0.381 e. The summed E-state index contributed by atoms with van der Waals surface area (Å²) in [5.74, 6) is 0.436. The number of hydrogen-bond donors (Lipinski definition) is 0. The van der Waals surface area contributed by atoms with Gasteiger partial charge in [0.25, 0.3) is 0 Å². The van der Waals surface area contributed by atoms with Crippen LogP contribution in [0.1, 0.15) is 30.1 Å². The molecule has 1 fully saturated rings. The van der Waals surface area contributed by atoms with Gasteiger partial charge in [0.15, 0.2) is 5.69 Å². The monoisotopic (exact) mass is 191 g/mol. The summed E-state index contributed by atoms with van der Waals surface area (Å²) in [6.07, 6.45) is 3.70. The fourth-order valence-electron chi connectivity index (χ4n) is 1.98. The number of nitriles is 1. The van der Waals surface area contributed by atoms with Crippen molar-refractivity contribution in [2.45, 2.75) is 18.8 Å². The second kappa shape index (κ2) is 3.81. The van der Waals surface area contributed by atoms with Gasteiger partial charge in [0.2, 0.25) is 0 Å². The van der Waals surface area contributed by atoms with Crippen LogP contribution in [-0.4, -0.2) is 22.8 Å². The largest absolute Gasteiger partial charge is 0.381 e. The lowest BCUT2D eigenvalue weighted by molar-refractivity contribution is 0.0839. The summed E-state index contributed by atoms with van der Waals surface area (Å²) < 4.78 is 7.25. The molecule has 2 heterocycles. The van der Waals surface area contributed by atoms with Crippen LogP contribution in [0, 0.1) is 11.3 Å². The maximum Gasteiger partial charge on any atom is 0.161 e. The van der Waals surface area contributed by atoms with Gasteiger partial charge in [-0.15, -0.1) is 0 Å². The average molecular weight is 191 g/mol. The van der Waals surface area contributed by atoms with Gasteiger partial charge < -0.3 is 9.30 Å². The molecule has 14 heavy (non-hydrogen) atoms. The van der Waals surface area contributed by atoms with E-state index in [2.05, 4.69) is 11.1 Å². The first kappa shape index (κ1) is 9.22. The van der Waals surface area contributed by atoms with Crippen molar-refractivity contribution in [2.24, 2.45) is 7.05 Å². The van der Waals surface area contributed by atoms with Crippen LogP contribution in [0.15, 0.2) is 6.33 Å². The molecular weight excluding hydrogens is 178 g/mol. The van der Waals surface area contributed by atoms with Crippen molar-refractivity contribution in [3.8, 4) is 6.07 Å². The van der Waals surface area contributed by atoms with Crippen molar-refractivity contribution in [1.29, 1.82) is 5.26 Å². The van der Waals surface area contributed by atoms with Crippen LogP contribution in [0.25, 0.3) is 0 Å². The molecular formula is C10H13N3O. The third-order valence-electron chi connectivity index (χ3n) is 2.70. The molecule has 74 valence electrons. The van der Waals surface area contributed by atoms with E-state index in [1.807, 2.05) is 11.6 Å². The fraction of sp³-hybridized carbons (Fsp3) is 0.600. The number of ether oxygens (including phenoxy) is 1. The first-order chi connectivity index (χ1) is 6.83. The highest BCUT2D eigenvalue weighted by Gasteiger charge is 2.22. The van der Waals surface area contributed by atoms with E-state index in [1.54, 1.807) is 6.33 Å². The smallest absolute Gasteiger partial charge is 0.161 e. The highest BCUT2D eigenvalue weighted by atomic mass is 16.5. The predicted octanol–water partition coefficient (Wildman–Crippen LogP) is 1.19. The predicted molar refractivity (Wildman–Crippen MR) is 50.7 cm³/mol. The Morgan fingerprint density at radius 2 is 2.29 bits per heavy atom. The van der Waals surface area contributed by atoms with Gasteiger partial charge in [0.05, 0.1) is 12.0 Å². The maximum absolute atomic E-state index is 8.91. The van der Waals surface area contributed by atoms with E-state index in [1.165, 1.54) is 0 Å². The van der Waals surface area contributed by atoms with E-state index in [4.69, 9.17) is 10.00 Å². The maximum atomic E-state index is 8.91. The van der Waals surface area contributed by atoms with Gasteiger partial charge in [-0.1, -0.05) is 0 Å². The van der Waals surface area contributed by atoms with Gasteiger partial charge in [-0.25, -0.2) is 4.98 Å². The van der Waals surface area contributed by atoms with Crippen molar-refractivity contribution in [1.82, 2.24) is 9.55 Å². The quantitative estimate of drug-likeness (QED) is 0.669. The van der Waals surface area contributed by atoms with E-state index in [-0.39, 0.29) is 0 Å². The molecule has 0 aliphatic carbocycles. The van der Waals surface area contributed by atoms with Crippen LogP contribution in [0.4, 0.5) is 0 Å². The molecule has 0 unspecified atom stereocenters. The van der Waals surface area contributed by atoms with Gasteiger partial charge in [-0.2, -0.15) is 5.26 Å². The molecule has 0 N–H and O–H groups in total. The summed E-state index contributed by atoms with van der Waals surface area (Å²) in [5.41, 5.74) is 1.63. The Kier molecular flexibility index (Phi) is 2.51. The van der Waals surface area contributed by atoms with Crippen LogP contribution in [0.2, 0.25) is 0 Å². The zero-order valence-corrected chi connectivity index (χ0v) is 8.23. The zero-order valence-electron chi connectivity index (χ0n) is 8.23. The summed E-state index contributed by atoms with van der Waals surface area (Å²) in [4.78, 5) is 4.07. The second-order valence-electron chi connectivity index (χ2n) is 3.59. The Balaban J connectivity index is 2.29. The van der Waals surface area contributed by atoms with Gasteiger partial charge in [-0.05, 0) is 12.8 Å². The first-order valence-electron chi connectivity index (χ1n) is 4.82. The zero-order chi connectivity index (χ0) is 9.97. The SMILES string of the molecule is Cn1cnc(C#N)c1C1CCOCC1. The topological polar surface area (TPSA) is 50.8 Å². The number of hydrogen-bond acceptors (Lipinski definition) is 3. The lowest BCUT2D eigenvalue weighted by Crippen LogP contribution is -2.17. The van der Waals surface area contributed by atoms with Crippen molar-refractivity contribution in [2.75, 3.05) is 13.2 Å². The Morgan fingerprint density at radius 1 is 1.57 bits per heavy atom. The molecule has 2 rings (SSSR count).